The van der Waals surface area contributed by atoms with E-state index >= 15 is 0 Å². The van der Waals surface area contributed by atoms with Crippen molar-refractivity contribution in [3.05, 3.63) is 41.7 Å². The van der Waals surface area contributed by atoms with Crippen molar-refractivity contribution in [2.75, 3.05) is 17.2 Å². The molecule has 12 heteroatoms. The first-order valence-electron chi connectivity index (χ1n) is 12.0. The number of hydrogen-bond acceptors (Lipinski definition) is 8. The number of fused-ring (bicyclic) bond motifs is 1. The number of nitrogens with one attached hydrogen (secondary N) is 4. The van der Waals surface area contributed by atoms with Gasteiger partial charge in [-0.05, 0) is 44.4 Å². The van der Waals surface area contributed by atoms with Crippen LogP contribution in [0.1, 0.15) is 54.4 Å². The average Bonchev–Trinajstić information content (AvgIpc) is 3.31. The maximum atomic E-state index is 14.9. The van der Waals surface area contributed by atoms with Crippen molar-refractivity contribution in [2.45, 2.75) is 62.6 Å². The number of rotatable bonds is 7. The summed E-state index contributed by atoms with van der Waals surface area (Å²) in [6.45, 7) is 0.661. The number of piperidine rings is 1. The van der Waals surface area contributed by atoms with Crippen LogP contribution in [0, 0.1) is 5.95 Å². The first-order valence-corrected chi connectivity index (χ1v) is 12.0. The first kappa shape index (κ1) is 24.2. The van der Waals surface area contributed by atoms with Crippen molar-refractivity contribution in [3.63, 3.8) is 0 Å². The molecule has 0 bridgehead atoms. The smallest absolute Gasteiger partial charge is 0.248 e. The van der Waals surface area contributed by atoms with Gasteiger partial charge >= 0.3 is 0 Å². The van der Waals surface area contributed by atoms with Crippen LogP contribution in [0.3, 0.4) is 0 Å². The van der Waals surface area contributed by atoms with E-state index in [1.54, 1.807) is 0 Å². The van der Waals surface area contributed by atoms with Crippen molar-refractivity contribution in [3.8, 4) is 0 Å². The van der Waals surface area contributed by atoms with Gasteiger partial charge in [0.05, 0.1) is 22.6 Å². The summed E-state index contributed by atoms with van der Waals surface area (Å²) in [6, 6.07) is 2.27. The summed E-state index contributed by atoms with van der Waals surface area (Å²) in [5, 5.41) is 9.84. The number of halogens is 3. The van der Waals surface area contributed by atoms with Gasteiger partial charge in [0.25, 0.3) is 0 Å². The molecule has 4 heterocycles. The van der Waals surface area contributed by atoms with Crippen LogP contribution in [-0.4, -0.2) is 62.6 Å². The van der Waals surface area contributed by atoms with Crippen LogP contribution < -0.4 is 16.0 Å². The standard InChI is InChI=1S/C24H26F3N7O2/c25-21-16(1-2-18(34-21)32-13-3-6-24(26,27)7-4-13)20(36)17-10-29-22-19(17)23(31-12-30-22)33-14-5-8-28-15(9-14)11-35/h1-2,10-15,28H,3-9H2,(H,32,34)(H2,29,30,31,33). The van der Waals surface area contributed by atoms with Crippen molar-refractivity contribution in [1.82, 2.24) is 25.3 Å². The first-order chi connectivity index (χ1) is 17.3. The van der Waals surface area contributed by atoms with E-state index in [0.717, 1.165) is 12.7 Å². The van der Waals surface area contributed by atoms with Crippen LogP contribution in [0.2, 0.25) is 0 Å². The second-order valence-corrected chi connectivity index (χ2v) is 9.35. The molecule has 190 valence electrons. The Morgan fingerprint density at radius 2 is 1.89 bits per heavy atom. The molecule has 0 radical (unpaired) electrons. The molecule has 5 rings (SSSR count). The number of alkyl halides is 2. The Balaban J connectivity index is 1.36. The maximum absolute atomic E-state index is 14.9. The Kier molecular flexibility index (Phi) is 6.61. The lowest BCUT2D eigenvalue weighted by Gasteiger charge is -2.29. The molecule has 9 nitrogen and oxygen atoms in total. The fraction of sp³-hybridized carbons (Fsp3) is 0.458. The average molecular weight is 502 g/mol. The molecule has 3 aromatic rings. The molecule has 0 aromatic carbocycles. The van der Waals surface area contributed by atoms with Crippen LogP contribution in [0.15, 0.2) is 24.7 Å². The van der Waals surface area contributed by atoms with E-state index in [-0.39, 0.29) is 60.8 Å². The van der Waals surface area contributed by atoms with Crippen molar-refractivity contribution in [2.24, 2.45) is 0 Å². The van der Waals surface area contributed by atoms with Gasteiger partial charge in [-0.15, -0.1) is 0 Å². The van der Waals surface area contributed by atoms with E-state index < -0.39 is 17.7 Å². The summed E-state index contributed by atoms with van der Waals surface area (Å²) < 4.78 is 41.7. The molecule has 1 saturated heterocycles. The Bertz CT molecular complexity index is 1270. The molecule has 1 aliphatic carbocycles. The SMILES string of the molecule is O=CC1CC(Nc2ncnc3[nH]cc(C(=O)c4ccc(NC5CCC(F)(F)CC5)nc4F)c23)CCN1. The lowest BCUT2D eigenvalue weighted by atomic mass is 9.92. The number of carbonyl (C=O) groups excluding carboxylic acids is 2. The lowest BCUT2D eigenvalue weighted by Crippen LogP contribution is -2.44. The van der Waals surface area contributed by atoms with Gasteiger partial charge in [0.1, 0.15) is 29.9 Å². The number of ketones is 1. The number of hydrogen-bond donors (Lipinski definition) is 4. The highest BCUT2D eigenvalue weighted by molar-refractivity contribution is 6.18. The Morgan fingerprint density at radius 1 is 1.08 bits per heavy atom. The number of nitrogens with zero attached hydrogens (tertiary/aromatic N) is 3. The van der Waals surface area contributed by atoms with E-state index in [0.29, 0.717) is 29.8 Å². The summed E-state index contributed by atoms with van der Waals surface area (Å²) in [6.07, 6.45) is 5.07. The summed E-state index contributed by atoms with van der Waals surface area (Å²) in [4.78, 5) is 39.8. The molecule has 36 heavy (non-hydrogen) atoms. The molecule has 3 aromatic heterocycles. The molecular weight excluding hydrogens is 475 g/mol. The lowest BCUT2D eigenvalue weighted by molar-refractivity contribution is -0.110. The molecular formula is C24H26F3N7O2. The number of anilines is 2. The number of pyridine rings is 1. The molecule has 1 saturated carbocycles. The second kappa shape index (κ2) is 9.84. The summed E-state index contributed by atoms with van der Waals surface area (Å²) in [7, 11) is 0. The third-order valence-electron chi connectivity index (χ3n) is 6.82. The quantitative estimate of drug-likeness (QED) is 0.221. The molecule has 2 atom stereocenters. The zero-order chi connectivity index (χ0) is 25.3. The third kappa shape index (κ3) is 5.03. The predicted molar refractivity (Wildman–Crippen MR) is 127 cm³/mol. The van der Waals surface area contributed by atoms with Gasteiger partial charge in [0, 0.05) is 31.1 Å². The molecule has 2 aliphatic rings. The van der Waals surface area contributed by atoms with Crippen LogP contribution in [0.4, 0.5) is 24.8 Å². The zero-order valence-corrected chi connectivity index (χ0v) is 19.4. The highest BCUT2D eigenvalue weighted by Gasteiger charge is 2.35. The van der Waals surface area contributed by atoms with Gasteiger partial charge in [-0.2, -0.15) is 4.39 Å². The van der Waals surface area contributed by atoms with Gasteiger partial charge in [0.15, 0.2) is 5.78 Å². The number of carbonyl (C=O) groups is 2. The van der Waals surface area contributed by atoms with E-state index in [1.165, 1.54) is 24.7 Å². The van der Waals surface area contributed by atoms with E-state index in [4.69, 9.17) is 0 Å². The topological polar surface area (TPSA) is 125 Å². The molecule has 4 N–H and O–H groups in total. The molecule has 1 aliphatic heterocycles. The number of aromatic nitrogens is 4. The monoisotopic (exact) mass is 501 g/mol. The van der Waals surface area contributed by atoms with Crippen LogP contribution in [-0.2, 0) is 4.79 Å². The van der Waals surface area contributed by atoms with Gasteiger partial charge in [-0.25, -0.2) is 23.7 Å². The highest BCUT2D eigenvalue weighted by atomic mass is 19.3. The largest absolute Gasteiger partial charge is 0.367 e. The van der Waals surface area contributed by atoms with Gasteiger partial charge < -0.3 is 25.7 Å². The number of H-pyrrole nitrogens is 1. The van der Waals surface area contributed by atoms with Gasteiger partial charge in [0.2, 0.25) is 11.9 Å². The molecule has 2 unspecified atom stereocenters. The minimum absolute atomic E-state index is 0.0408. The van der Waals surface area contributed by atoms with E-state index in [2.05, 4.69) is 35.9 Å². The van der Waals surface area contributed by atoms with Crippen LogP contribution in [0.25, 0.3) is 11.0 Å². The van der Waals surface area contributed by atoms with Crippen LogP contribution >= 0.6 is 0 Å². The molecule has 2 fully saturated rings. The highest BCUT2D eigenvalue weighted by Crippen LogP contribution is 2.34. The Morgan fingerprint density at radius 3 is 2.64 bits per heavy atom. The van der Waals surface area contributed by atoms with E-state index in [9.17, 15) is 22.8 Å². The normalized spacial score (nSPS) is 22.3. The Labute approximate surface area is 204 Å². The van der Waals surface area contributed by atoms with Gasteiger partial charge in [-0.3, -0.25) is 4.79 Å². The third-order valence-corrected chi connectivity index (χ3v) is 6.82. The fourth-order valence-corrected chi connectivity index (χ4v) is 4.85. The minimum Gasteiger partial charge on any atom is -0.367 e. The maximum Gasteiger partial charge on any atom is 0.248 e. The minimum atomic E-state index is -2.66. The summed E-state index contributed by atoms with van der Waals surface area (Å²) in [5.74, 6) is -3.60. The van der Waals surface area contributed by atoms with Crippen molar-refractivity contribution < 1.29 is 22.8 Å². The zero-order valence-electron chi connectivity index (χ0n) is 19.4. The van der Waals surface area contributed by atoms with Crippen molar-refractivity contribution >= 4 is 34.7 Å². The van der Waals surface area contributed by atoms with E-state index in [1.807, 2.05) is 0 Å². The number of aldehydes is 1. The molecule has 0 spiro atoms. The van der Waals surface area contributed by atoms with Crippen molar-refractivity contribution in [1.29, 1.82) is 0 Å². The van der Waals surface area contributed by atoms with Crippen LogP contribution in [0.5, 0.6) is 0 Å². The summed E-state index contributed by atoms with van der Waals surface area (Å²) >= 11 is 0. The Hall–Kier alpha value is -3.54. The molecule has 0 amide bonds. The second-order valence-electron chi connectivity index (χ2n) is 9.35. The van der Waals surface area contributed by atoms with Gasteiger partial charge in [-0.1, -0.05) is 0 Å². The predicted octanol–water partition coefficient (Wildman–Crippen LogP) is 3.44. The fourth-order valence-electron chi connectivity index (χ4n) is 4.85. The number of aromatic amines is 1. The summed E-state index contributed by atoms with van der Waals surface area (Å²) in [5.41, 5.74) is 0.372.